The summed E-state index contributed by atoms with van der Waals surface area (Å²) >= 11 is 10.1. The number of benzene rings is 2. The van der Waals surface area contributed by atoms with Crippen LogP contribution in [0.15, 0.2) is 36.4 Å². The minimum absolute atomic E-state index is 1.16. The van der Waals surface area contributed by atoms with Gasteiger partial charge in [0, 0.05) is 61.6 Å². The third-order valence-electron chi connectivity index (χ3n) is 4.96. The highest BCUT2D eigenvalue weighted by atomic mass is 32.2. The number of thioether (sulfide) groups is 2. The van der Waals surface area contributed by atoms with Crippen LogP contribution in [-0.2, 0) is 11.5 Å². The van der Waals surface area contributed by atoms with Crippen LogP contribution < -0.4 is 0 Å². The first-order valence-electron chi connectivity index (χ1n) is 8.81. The fourth-order valence-corrected chi connectivity index (χ4v) is 9.42. The molecule has 0 nitrogen and oxygen atoms in total. The molecule has 0 N–H and O–H groups in total. The maximum atomic E-state index is 2.47. The van der Waals surface area contributed by atoms with Crippen LogP contribution in [0.3, 0.4) is 0 Å². The van der Waals surface area contributed by atoms with Gasteiger partial charge in [-0.15, -0.1) is 34.0 Å². The molecule has 0 saturated heterocycles. The average Bonchev–Trinajstić information content (AvgIpc) is 3.32. The van der Waals surface area contributed by atoms with Crippen molar-refractivity contribution < 1.29 is 0 Å². The normalized spacial score (nSPS) is 16.2. The molecule has 4 heterocycles. The fourth-order valence-electron chi connectivity index (χ4n) is 3.84. The van der Waals surface area contributed by atoms with Crippen LogP contribution in [0.25, 0.3) is 40.3 Å². The highest BCUT2D eigenvalue weighted by molar-refractivity contribution is 7.99. The van der Waals surface area contributed by atoms with Crippen molar-refractivity contribution in [2.75, 3.05) is 11.5 Å². The molecule has 0 fully saturated rings. The smallest absolute Gasteiger partial charge is 0.0362 e. The molecule has 0 spiro atoms. The first kappa shape index (κ1) is 16.3. The summed E-state index contributed by atoms with van der Waals surface area (Å²) in [5, 5.41) is 5.93. The van der Waals surface area contributed by atoms with Gasteiger partial charge >= 0.3 is 0 Å². The average molecular weight is 429 g/mol. The lowest BCUT2D eigenvalue weighted by molar-refractivity contribution is 1.12. The Kier molecular flexibility index (Phi) is 4.01. The van der Waals surface area contributed by atoms with Crippen molar-refractivity contribution in [1.29, 1.82) is 0 Å². The van der Waals surface area contributed by atoms with Crippen molar-refractivity contribution in [3.05, 3.63) is 46.2 Å². The topological polar surface area (TPSA) is 0 Å². The molecule has 130 valence electrons. The molecule has 1 aliphatic rings. The molecule has 0 radical (unpaired) electrons. The van der Waals surface area contributed by atoms with E-state index in [9.17, 15) is 0 Å². The van der Waals surface area contributed by atoms with Crippen molar-refractivity contribution >= 4 is 97.9 Å². The summed E-state index contributed by atoms with van der Waals surface area (Å²) in [7, 11) is 0. The molecule has 1 aliphatic heterocycles. The number of rotatable bonds is 0. The Balaban J connectivity index is 1.74. The van der Waals surface area contributed by atoms with Crippen LogP contribution in [0.5, 0.6) is 0 Å². The van der Waals surface area contributed by atoms with Crippen LogP contribution in [0.2, 0.25) is 0 Å². The summed E-state index contributed by atoms with van der Waals surface area (Å²) in [6, 6.07) is 14.3. The lowest BCUT2D eigenvalue weighted by Gasteiger charge is -2.00. The summed E-state index contributed by atoms with van der Waals surface area (Å²) in [6.07, 6.45) is 1.31. The van der Waals surface area contributed by atoms with E-state index < -0.39 is 0 Å². The summed E-state index contributed by atoms with van der Waals surface area (Å²) < 4.78 is 5.76. The molecular formula is C21H16S5. The molecule has 6 rings (SSSR count). The Morgan fingerprint density at radius 3 is 1.62 bits per heavy atom. The molecule has 5 heteroatoms. The zero-order valence-corrected chi connectivity index (χ0v) is 18.1. The van der Waals surface area contributed by atoms with Crippen molar-refractivity contribution in [3.63, 3.8) is 0 Å². The predicted octanol–water partition coefficient (Wildman–Crippen LogP) is 8.35. The molecule has 3 aromatic heterocycles. The second-order valence-electron chi connectivity index (χ2n) is 6.69. The number of hydrogen-bond acceptors (Lipinski definition) is 5. The summed E-state index contributed by atoms with van der Waals surface area (Å²) in [6.45, 7) is 0. The first-order valence-corrected chi connectivity index (χ1v) is 13.6. The van der Waals surface area contributed by atoms with Gasteiger partial charge in [0.15, 0.2) is 0 Å². The highest BCUT2D eigenvalue weighted by Crippen LogP contribution is 2.45. The Bertz CT molecular complexity index is 1170. The quantitative estimate of drug-likeness (QED) is 0.243. The van der Waals surface area contributed by atoms with Crippen LogP contribution in [0.4, 0.5) is 0 Å². The SMILES string of the molecule is c1cc2sc3ccc4sc5cc4c3c2c2cc(sc12)CSCCCSC5. The van der Waals surface area contributed by atoms with Crippen molar-refractivity contribution in [2.45, 2.75) is 17.9 Å². The third kappa shape index (κ3) is 2.55. The second kappa shape index (κ2) is 6.42. The van der Waals surface area contributed by atoms with Gasteiger partial charge in [-0.1, -0.05) is 0 Å². The lowest BCUT2D eigenvalue weighted by Crippen LogP contribution is -1.85. The third-order valence-corrected chi connectivity index (χ3v) is 10.8. The van der Waals surface area contributed by atoms with E-state index in [1.165, 1.54) is 68.0 Å². The van der Waals surface area contributed by atoms with E-state index in [2.05, 4.69) is 59.9 Å². The molecule has 0 atom stereocenters. The van der Waals surface area contributed by atoms with Crippen LogP contribution in [0, 0.1) is 0 Å². The van der Waals surface area contributed by atoms with Crippen LogP contribution in [-0.4, -0.2) is 11.5 Å². The van der Waals surface area contributed by atoms with Gasteiger partial charge in [-0.3, -0.25) is 0 Å². The highest BCUT2D eigenvalue weighted by Gasteiger charge is 2.15. The van der Waals surface area contributed by atoms with Crippen LogP contribution in [0.1, 0.15) is 16.2 Å². The second-order valence-corrected chi connectivity index (χ2v) is 12.3. The number of fused-ring (bicyclic) bond motifs is 2. The monoisotopic (exact) mass is 428 g/mol. The zero-order chi connectivity index (χ0) is 17.1. The first-order chi connectivity index (χ1) is 12.9. The largest absolute Gasteiger partial charge is 0.156 e. The number of thiophene rings is 3. The maximum Gasteiger partial charge on any atom is 0.0362 e. The lowest BCUT2D eigenvalue weighted by atomic mass is 10.1. The van der Waals surface area contributed by atoms with Gasteiger partial charge < -0.3 is 0 Å². The van der Waals surface area contributed by atoms with Crippen LogP contribution >= 0.6 is 57.5 Å². The zero-order valence-electron chi connectivity index (χ0n) is 14.0. The van der Waals surface area contributed by atoms with E-state index in [0.29, 0.717) is 0 Å². The molecule has 0 unspecified atom stereocenters. The van der Waals surface area contributed by atoms with E-state index in [4.69, 9.17) is 0 Å². The van der Waals surface area contributed by atoms with Gasteiger partial charge in [0.25, 0.3) is 0 Å². The van der Waals surface area contributed by atoms with E-state index in [0.717, 1.165) is 11.5 Å². The minimum Gasteiger partial charge on any atom is -0.156 e. The Hall–Kier alpha value is -0.720. The number of hydrogen-bond donors (Lipinski definition) is 0. The molecule has 0 saturated carbocycles. The predicted molar refractivity (Wildman–Crippen MR) is 127 cm³/mol. The minimum atomic E-state index is 1.16. The van der Waals surface area contributed by atoms with Gasteiger partial charge in [-0.05, 0) is 54.3 Å². The van der Waals surface area contributed by atoms with Gasteiger partial charge in [0.1, 0.15) is 0 Å². The van der Waals surface area contributed by atoms with Gasteiger partial charge in [0.05, 0.1) is 0 Å². The maximum absolute atomic E-state index is 2.47. The van der Waals surface area contributed by atoms with E-state index in [1.54, 1.807) is 0 Å². The molecule has 0 amide bonds. The molecule has 2 aromatic carbocycles. The van der Waals surface area contributed by atoms with Crippen molar-refractivity contribution in [2.24, 2.45) is 0 Å². The standard InChI is InChI=1S/C21H16S5/c1-6-22-10-12-8-14-16(24-12)2-4-18-20(14)21-15-9-13(11-23-7-1)25-17(15)3-5-19(21)26-18/h2-5,8-9H,1,6-7,10-11H2. The van der Waals surface area contributed by atoms with Gasteiger partial charge in [-0.2, -0.15) is 23.5 Å². The van der Waals surface area contributed by atoms with Gasteiger partial charge in [0.2, 0.25) is 0 Å². The Morgan fingerprint density at radius 1 is 0.577 bits per heavy atom. The molecule has 0 aliphatic carbocycles. The Morgan fingerprint density at radius 2 is 1.08 bits per heavy atom. The summed E-state index contributed by atoms with van der Waals surface area (Å²) in [5.41, 5.74) is 0. The van der Waals surface area contributed by atoms with Crippen molar-refractivity contribution in [3.8, 4) is 0 Å². The molecule has 5 aromatic rings. The molecule has 4 bridgehead atoms. The molecule has 26 heavy (non-hydrogen) atoms. The Labute approximate surface area is 172 Å². The summed E-state index contributed by atoms with van der Waals surface area (Å²) in [4.78, 5) is 3.05. The molecular weight excluding hydrogens is 413 g/mol. The summed E-state index contributed by atoms with van der Waals surface area (Å²) in [5.74, 6) is 4.86. The van der Waals surface area contributed by atoms with E-state index >= 15 is 0 Å². The van der Waals surface area contributed by atoms with Gasteiger partial charge in [-0.25, -0.2) is 0 Å². The van der Waals surface area contributed by atoms with E-state index in [-0.39, 0.29) is 0 Å². The van der Waals surface area contributed by atoms with Crippen molar-refractivity contribution in [1.82, 2.24) is 0 Å². The van der Waals surface area contributed by atoms with E-state index in [1.807, 2.05) is 34.0 Å². The fraction of sp³-hybridized carbons (Fsp3) is 0.238.